The molecule has 10 nitrogen and oxygen atoms in total. The monoisotopic (exact) mass is 488 g/mol. The third-order valence-electron chi connectivity index (χ3n) is 5.96. The zero-order valence-corrected chi connectivity index (χ0v) is 19.5. The molecule has 36 heavy (non-hydrogen) atoms. The number of carboxylic acid groups (broad SMARTS) is 1. The first-order valence-electron chi connectivity index (χ1n) is 11.6. The lowest BCUT2D eigenvalue weighted by Gasteiger charge is -2.23. The lowest BCUT2D eigenvalue weighted by atomic mass is 10.0. The number of aliphatic carboxylic acids is 1. The van der Waals surface area contributed by atoms with Crippen molar-refractivity contribution in [2.24, 2.45) is 5.73 Å². The van der Waals surface area contributed by atoms with Crippen LogP contribution in [-0.2, 0) is 33.6 Å². The van der Waals surface area contributed by atoms with Crippen molar-refractivity contribution in [2.75, 3.05) is 0 Å². The molecule has 10 heteroatoms. The molecular formula is C26H28N6O4. The highest BCUT2D eigenvalue weighted by Gasteiger charge is 2.29. The molecule has 2 aromatic heterocycles. The van der Waals surface area contributed by atoms with Crippen molar-refractivity contribution in [3.05, 3.63) is 90.1 Å². The molecule has 7 N–H and O–H groups in total. The number of carbonyl (C=O) groups excluding carboxylic acids is 2. The second-order valence-electron chi connectivity index (χ2n) is 8.60. The smallest absolute Gasteiger partial charge is 0.326 e. The Balaban J connectivity index is 1.46. The number of H-pyrrole nitrogens is 2. The summed E-state index contributed by atoms with van der Waals surface area (Å²) in [6.45, 7) is 0. The second kappa shape index (κ2) is 11.3. The molecule has 0 bridgehead atoms. The average molecular weight is 489 g/mol. The zero-order valence-electron chi connectivity index (χ0n) is 19.5. The van der Waals surface area contributed by atoms with Gasteiger partial charge in [0.05, 0.1) is 12.4 Å². The highest BCUT2D eigenvalue weighted by molar-refractivity contribution is 5.92. The Labute approximate surface area is 207 Å². The van der Waals surface area contributed by atoms with Gasteiger partial charge in [-0.05, 0) is 23.6 Å². The third-order valence-corrected chi connectivity index (χ3v) is 5.96. The number of hydrogen-bond acceptors (Lipinski definition) is 5. The van der Waals surface area contributed by atoms with E-state index in [9.17, 15) is 19.5 Å². The maximum atomic E-state index is 13.2. The molecule has 4 aromatic rings. The van der Waals surface area contributed by atoms with E-state index >= 15 is 0 Å². The van der Waals surface area contributed by atoms with Gasteiger partial charge in [-0.2, -0.15) is 0 Å². The number of para-hydroxylation sites is 1. The summed E-state index contributed by atoms with van der Waals surface area (Å²) < 4.78 is 0. The molecule has 0 saturated carbocycles. The van der Waals surface area contributed by atoms with Crippen LogP contribution in [0.5, 0.6) is 0 Å². The molecule has 0 unspecified atom stereocenters. The summed E-state index contributed by atoms with van der Waals surface area (Å²) in [5.74, 6) is -2.31. The number of hydrogen-bond donors (Lipinski definition) is 6. The average Bonchev–Trinajstić information content (AvgIpc) is 3.54. The van der Waals surface area contributed by atoms with Crippen LogP contribution in [0.4, 0.5) is 0 Å². The van der Waals surface area contributed by atoms with Crippen molar-refractivity contribution in [2.45, 2.75) is 37.4 Å². The van der Waals surface area contributed by atoms with Gasteiger partial charge in [0, 0.05) is 41.8 Å². The van der Waals surface area contributed by atoms with Gasteiger partial charge in [-0.3, -0.25) is 9.59 Å². The molecule has 0 aliphatic carbocycles. The normalized spacial score (nSPS) is 13.6. The molecule has 0 fully saturated rings. The number of rotatable bonds is 11. The molecule has 4 rings (SSSR count). The summed E-state index contributed by atoms with van der Waals surface area (Å²) in [6, 6.07) is 13.6. The number of fused-ring (bicyclic) bond motifs is 1. The number of amides is 2. The summed E-state index contributed by atoms with van der Waals surface area (Å²) in [6.07, 6.45) is 5.27. The highest BCUT2D eigenvalue weighted by Crippen LogP contribution is 2.19. The third kappa shape index (κ3) is 6.16. The second-order valence-corrected chi connectivity index (χ2v) is 8.60. The molecule has 0 aliphatic rings. The van der Waals surface area contributed by atoms with Gasteiger partial charge in [0.25, 0.3) is 0 Å². The number of benzene rings is 2. The molecule has 0 aliphatic heterocycles. The van der Waals surface area contributed by atoms with Crippen LogP contribution in [0.1, 0.15) is 16.8 Å². The number of aromatic nitrogens is 3. The van der Waals surface area contributed by atoms with Crippen LogP contribution < -0.4 is 16.4 Å². The van der Waals surface area contributed by atoms with Gasteiger partial charge >= 0.3 is 5.97 Å². The van der Waals surface area contributed by atoms with Crippen LogP contribution in [0.2, 0.25) is 0 Å². The lowest BCUT2D eigenvalue weighted by molar-refractivity contribution is -0.142. The van der Waals surface area contributed by atoms with E-state index in [-0.39, 0.29) is 19.3 Å². The fourth-order valence-electron chi connectivity index (χ4n) is 4.06. The SMILES string of the molecule is N[C@@H](Cc1c[nH]c2ccccc12)C(=O)N[C@@H](Cc1cnc[nH]1)C(=O)N[C@@H](Cc1ccccc1)C(=O)O. The molecular weight excluding hydrogens is 460 g/mol. The molecule has 0 spiro atoms. The Kier molecular flexibility index (Phi) is 7.76. The molecule has 2 heterocycles. The zero-order chi connectivity index (χ0) is 25.5. The number of carbonyl (C=O) groups is 3. The van der Waals surface area contributed by atoms with Crippen molar-refractivity contribution < 1.29 is 19.5 Å². The van der Waals surface area contributed by atoms with Crippen LogP contribution in [0.3, 0.4) is 0 Å². The summed E-state index contributed by atoms with van der Waals surface area (Å²) in [4.78, 5) is 48.0. The summed E-state index contributed by atoms with van der Waals surface area (Å²) in [7, 11) is 0. The minimum atomic E-state index is -1.17. The first kappa shape index (κ1) is 24.7. The number of imidazole rings is 1. The van der Waals surface area contributed by atoms with Crippen molar-refractivity contribution in [3.8, 4) is 0 Å². The molecule has 2 amide bonds. The number of aromatic amines is 2. The molecule has 3 atom stereocenters. The quantitative estimate of drug-likeness (QED) is 0.186. The molecule has 186 valence electrons. The van der Waals surface area contributed by atoms with Crippen LogP contribution in [0.25, 0.3) is 10.9 Å². The van der Waals surface area contributed by atoms with E-state index in [1.165, 1.54) is 12.5 Å². The van der Waals surface area contributed by atoms with Gasteiger partial charge in [0.15, 0.2) is 0 Å². The van der Waals surface area contributed by atoms with Gasteiger partial charge < -0.3 is 31.4 Å². The largest absolute Gasteiger partial charge is 0.480 e. The Morgan fingerprint density at radius 1 is 0.889 bits per heavy atom. The standard InChI is InChI=1S/C26H28N6O4/c27-20(11-17-13-29-21-9-5-4-8-19(17)21)24(33)31-22(12-18-14-28-15-30-18)25(34)32-23(26(35)36)10-16-6-2-1-3-7-16/h1-9,13-15,20,22-23,29H,10-12,27H2,(H,28,30)(H,31,33)(H,32,34)(H,35,36)/t20-,22-,23-/m0/s1. The number of nitrogens with one attached hydrogen (secondary N) is 4. The van der Waals surface area contributed by atoms with Crippen molar-refractivity contribution in [1.29, 1.82) is 0 Å². The number of nitrogens with zero attached hydrogens (tertiary/aromatic N) is 1. The van der Waals surface area contributed by atoms with Gasteiger partial charge in [0.1, 0.15) is 12.1 Å². The van der Waals surface area contributed by atoms with Crippen LogP contribution in [0, 0.1) is 0 Å². The van der Waals surface area contributed by atoms with E-state index in [1.807, 2.05) is 36.5 Å². The molecule has 2 aromatic carbocycles. The van der Waals surface area contributed by atoms with Crippen molar-refractivity contribution in [3.63, 3.8) is 0 Å². The van der Waals surface area contributed by atoms with Crippen molar-refractivity contribution in [1.82, 2.24) is 25.6 Å². The minimum Gasteiger partial charge on any atom is -0.480 e. The molecule has 0 radical (unpaired) electrons. The number of nitrogens with two attached hydrogens (primary N) is 1. The van der Waals surface area contributed by atoms with Crippen molar-refractivity contribution >= 4 is 28.7 Å². The topological polar surface area (TPSA) is 166 Å². The maximum absolute atomic E-state index is 13.2. The lowest BCUT2D eigenvalue weighted by Crippen LogP contribution is -2.56. The predicted molar refractivity (Wildman–Crippen MR) is 134 cm³/mol. The summed E-state index contributed by atoms with van der Waals surface area (Å²) >= 11 is 0. The van der Waals surface area contributed by atoms with Gasteiger partial charge in [-0.1, -0.05) is 48.5 Å². The Bertz CT molecular complexity index is 1320. The molecule has 0 saturated heterocycles. The Hall–Kier alpha value is -4.44. The van der Waals surface area contributed by atoms with E-state index < -0.39 is 35.9 Å². The Morgan fingerprint density at radius 3 is 2.33 bits per heavy atom. The van der Waals surface area contributed by atoms with E-state index in [4.69, 9.17) is 5.73 Å². The fraction of sp³-hybridized carbons (Fsp3) is 0.231. The first-order valence-corrected chi connectivity index (χ1v) is 11.6. The van der Waals surface area contributed by atoms with Gasteiger partial charge in [-0.25, -0.2) is 9.78 Å². The van der Waals surface area contributed by atoms with Gasteiger partial charge in [-0.15, -0.1) is 0 Å². The predicted octanol–water partition coefficient (Wildman–Crippen LogP) is 1.30. The Morgan fingerprint density at radius 2 is 1.61 bits per heavy atom. The van der Waals surface area contributed by atoms with E-state index in [1.54, 1.807) is 24.3 Å². The minimum absolute atomic E-state index is 0.0923. The van der Waals surface area contributed by atoms with E-state index in [0.29, 0.717) is 5.69 Å². The highest BCUT2D eigenvalue weighted by atomic mass is 16.4. The van der Waals surface area contributed by atoms with Gasteiger partial charge in [0.2, 0.25) is 11.8 Å². The van der Waals surface area contributed by atoms with Crippen LogP contribution >= 0.6 is 0 Å². The maximum Gasteiger partial charge on any atom is 0.326 e. The van der Waals surface area contributed by atoms with Crippen LogP contribution in [-0.4, -0.2) is 56.0 Å². The van der Waals surface area contributed by atoms with Crippen LogP contribution in [0.15, 0.2) is 73.3 Å². The first-order chi connectivity index (χ1) is 17.4. The summed E-state index contributed by atoms with van der Waals surface area (Å²) in [5.41, 5.74) is 9.40. The van der Waals surface area contributed by atoms with E-state index in [0.717, 1.165) is 22.0 Å². The van der Waals surface area contributed by atoms with E-state index in [2.05, 4.69) is 25.6 Å². The fourth-order valence-corrected chi connectivity index (χ4v) is 4.06. The number of carboxylic acids is 1. The summed E-state index contributed by atoms with van der Waals surface area (Å²) in [5, 5.41) is 15.9.